The molecule has 0 aliphatic heterocycles. The fourth-order valence-corrected chi connectivity index (χ4v) is 2.22. The van der Waals surface area contributed by atoms with Gasteiger partial charge in [-0.15, -0.1) is 0 Å². The molecule has 0 unspecified atom stereocenters. The molecule has 3 rings (SSSR count). The number of rotatable bonds is 2. The zero-order valence-electron chi connectivity index (χ0n) is 11.1. The van der Waals surface area contributed by atoms with E-state index in [0.29, 0.717) is 11.1 Å². The van der Waals surface area contributed by atoms with E-state index in [9.17, 15) is 8.78 Å². The van der Waals surface area contributed by atoms with E-state index in [2.05, 4.69) is 0 Å². The molecule has 0 atom stereocenters. The lowest BCUT2D eigenvalue weighted by molar-refractivity contribution is 0.396. The molecule has 0 bridgehead atoms. The summed E-state index contributed by atoms with van der Waals surface area (Å²) >= 11 is 0. The fraction of sp³-hybridized carbons (Fsp3) is 0. The third-order valence-corrected chi connectivity index (χ3v) is 3.34. The van der Waals surface area contributed by atoms with Gasteiger partial charge in [0, 0.05) is 0 Å². The van der Waals surface area contributed by atoms with Crippen LogP contribution in [0.15, 0.2) is 66.7 Å². The number of halogens is 2. The van der Waals surface area contributed by atoms with Gasteiger partial charge in [-0.1, -0.05) is 54.6 Å². The summed E-state index contributed by atoms with van der Waals surface area (Å²) in [5, 5.41) is 9.12. The van der Waals surface area contributed by atoms with Gasteiger partial charge in [0.15, 0.2) is 17.4 Å². The Morgan fingerprint density at radius 2 is 1.00 bits per heavy atom. The lowest BCUT2D eigenvalue weighted by Gasteiger charge is -2.06. The summed E-state index contributed by atoms with van der Waals surface area (Å²) in [4.78, 5) is 0. The molecule has 1 N–H and O–H groups in total. The Labute approximate surface area is 121 Å². The van der Waals surface area contributed by atoms with E-state index in [1.54, 1.807) is 12.1 Å². The number of phenols is 1. The number of aromatic hydroxyl groups is 1. The normalized spacial score (nSPS) is 10.6. The minimum atomic E-state index is -0.961. The molecular formula is C18H12F2O. The zero-order chi connectivity index (χ0) is 14.8. The van der Waals surface area contributed by atoms with Crippen molar-refractivity contribution >= 4 is 0 Å². The maximum Gasteiger partial charge on any atom is 0.187 e. The molecule has 0 spiro atoms. The Morgan fingerprint density at radius 1 is 0.571 bits per heavy atom. The first-order valence-electron chi connectivity index (χ1n) is 6.49. The second-order valence-corrected chi connectivity index (χ2v) is 4.73. The van der Waals surface area contributed by atoms with Crippen LogP contribution in [0, 0.1) is 11.6 Å². The average Bonchev–Trinajstić information content (AvgIpc) is 2.53. The summed E-state index contributed by atoms with van der Waals surface area (Å²) in [5.74, 6) is -2.87. The van der Waals surface area contributed by atoms with E-state index in [-0.39, 0.29) is 0 Å². The first-order chi connectivity index (χ1) is 10.1. The van der Waals surface area contributed by atoms with E-state index in [1.165, 1.54) is 0 Å². The molecule has 0 radical (unpaired) electrons. The summed E-state index contributed by atoms with van der Waals surface area (Å²) in [5.41, 5.74) is 3.18. The van der Waals surface area contributed by atoms with Crippen LogP contribution < -0.4 is 0 Å². The van der Waals surface area contributed by atoms with Crippen LogP contribution in [0.25, 0.3) is 22.3 Å². The SMILES string of the molecule is Oc1c(F)cc(-c2ccc(-c3ccccc3)cc2)cc1F. The highest BCUT2D eigenvalue weighted by atomic mass is 19.1. The minimum Gasteiger partial charge on any atom is -0.503 e. The largest absolute Gasteiger partial charge is 0.503 e. The van der Waals surface area contributed by atoms with Gasteiger partial charge in [0.25, 0.3) is 0 Å². The van der Waals surface area contributed by atoms with Crippen LogP contribution in [-0.4, -0.2) is 5.11 Å². The number of hydrogen-bond donors (Lipinski definition) is 1. The van der Waals surface area contributed by atoms with Crippen molar-refractivity contribution in [3.63, 3.8) is 0 Å². The smallest absolute Gasteiger partial charge is 0.187 e. The monoisotopic (exact) mass is 282 g/mol. The first-order valence-corrected chi connectivity index (χ1v) is 6.49. The Hall–Kier alpha value is -2.68. The third kappa shape index (κ3) is 2.63. The van der Waals surface area contributed by atoms with Gasteiger partial charge in [-0.05, 0) is 34.4 Å². The van der Waals surface area contributed by atoms with Gasteiger partial charge < -0.3 is 5.11 Å². The van der Waals surface area contributed by atoms with E-state index < -0.39 is 17.4 Å². The van der Waals surface area contributed by atoms with Gasteiger partial charge >= 0.3 is 0 Å². The Balaban J connectivity index is 1.98. The lowest BCUT2D eigenvalue weighted by Crippen LogP contribution is -1.86. The maximum absolute atomic E-state index is 13.4. The van der Waals surface area contributed by atoms with Gasteiger partial charge in [-0.2, -0.15) is 0 Å². The predicted octanol–water partition coefficient (Wildman–Crippen LogP) is 5.00. The van der Waals surface area contributed by atoms with E-state index in [1.807, 2.05) is 42.5 Å². The second-order valence-electron chi connectivity index (χ2n) is 4.73. The lowest BCUT2D eigenvalue weighted by atomic mass is 10.00. The van der Waals surface area contributed by atoms with E-state index >= 15 is 0 Å². The van der Waals surface area contributed by atoms with Gasteiger partial charge in [0.1, 0.15) is 0 Å². The molecule has 104 valence electrons. The van der Waals surface area contributed by atoms with Crippen molar-refractivity contribution in [2.75, 3.05) is 0 Å². The topological polar surface area (TPSA) is 20.2 Å². The number of benzene rings is 3. The van der Waals surface area contributed by atoms with Crippen molar-refractivity contribution in [1.29, 1.82) is 0 Å². The highest BCUT2D eigenvalue weighted by Gasteiger charge is 2.10. The molecule has 3 aromatic carbocycles. The van der Waals surface area contributed by atoms with Crippen LogP contribution in [0.3, 0.4) is 0 Å². The summed E-state index contributed by atoms with van der Waals surface area (Å²) < 4.78 is 26.8. The van der Waals surface area contributed by atoms with Crippen molar-refractivity contribution in [3.05, 3.63) is 78.4 Å². The number of phenolic OH excluding ortho intramolecular Hbond substituents is 1. The van der Waals surface area contributed by atoms with Crippen molar-refractivity contribution in [3.8, 4) is 28.0 Å². The van der Waals surface area contributed by atoms with Crippen LogP contribution in [0.2, 0.25) is 0 Å². The predicted molar refractivity (Wildman–Crippen MR) is 78.9 cm³/mol. The molecule has 3 aromatic rings. The maximum atomic E-state index is 13.4. The van der Waals surface area contributed by atoms with Crippen molar-refractivity contribution in [1.82, 2.24) is 0 Å². The third-order valence-electron chi connectivity index (χ3n) is 3.34. The molecule has 0 heterocycles. The van der Waals surface area contributed by atoms with Crippen LogP contribution >= 0.6 is 0 Å². The highest BCUT2D eigenvalue weighted by molar-refractivity contribution is 5.70. The molecule has 0 aliphatic carbocycles. The Kier molecular flexibility index (Phi) is 3.40. The van der Waals surface area contributed by atoms with Gasteiger partial charge in [0.05, 0.1) is 0 Å². The standard InChI is InChI=1S/C18H12F2O/c19-16-10-15(11-17(20)18(16)21)14-8-6-13(7-9-14)12-4-2-1-3-5-12/h1-11,21H. The minimum absolute atomic E-state index is 0.391. The molecule has 0 fully saturated rings. The molecule has 0 aliphatic rings. The van der Waals surface area contributed by atoms with Crippen molar-refractivity contribution in [2.45, 2.75) is 0 Å². The molecule has 0 saturated carbocycles. The Morgan fingerprint density at radius 3 is 1.52 bits per heavy atom. The second kappa shape index (κ2) is 5.37. The molecule has 3 heteroatoms. The molecule has 0 amide bonds. The van der Waals surface area contributed by atoms with Gasteiger partial charge in [-0.25, -0.2) is 8.78 Å². The molecule has 0 saturated heterocycles. The highest BCUT2D eigenvalue weighted by Crippen LogP contribution is 2.29. The molecular weight excluding hydrogens is 270 g/mol. The zero-order valence-corrected chi connectivity index (χ0v) is 11.1. The molecule has 1 nitrogen and oxygen atoms in total. The summed E-state index contributed by atoms with van der Waals surface area (Å²) in [6, 6.07) is 19.5. The van der Waals surface area contributed by atoms with Gasteiger partial charge in [-0.3, -0.25) is 0 Å². The van der Waals surface area contributed by atoms with Crippen LogP contribution in [0.4, 0.5) is 8.78 Å². The molecule has 21 heavy (non-hydrogen) atoms. The van der Waals surface area contributed by atoms with Crippen molar-refractivity contribution in [2.24, 2.45) is 0 Å². The summed E-state index contributed by atoms with van der Waals surface area (Å²) in [6.45, 7) is 0. The van der Waals surface area contributed by atoms with Crippen molar-refractivity contribution < 1.29 is 13.9 Å². The van der Waals surface area contributed by atoms with Gasteiger partial charge in [0.2, 0.25) is 0 Å². The fourth-order valence-electron chi connectivity index (χ4n) is 2.22. The van der Waals surface area contributed by atoms with Crippen LogP contribution in [-0.2, 0) is 0 Å². The van der Waals surface area contributed by atoms with E-state index in [0.717, 1.165) is 23.3 Å². The van der Waals surface area contributed by atoms with Crippen LogP contribution in [0.5, 0.6) is 5.75 Å². The average molecular weight is 282 g/mol. The molecule has 0 aromatic heterocycles. The number of hydrogen-bond acceptors (Lipinski definition) is 1. The Bertz CT molecular complexity index is 742. The first kappa shape index (κ1) is 13.3. The summed E-state index contributed by atoms with van der Waals surface area (Å²) in [7, 11) is 0. The quantitative estimate of drug-likeness (QED) is 0.701. The summed E-state index contributed by atoms with van der Waals surface area (Å²) in [6.07, 6.45) is 0. The van der Waals surface area contributed by atoms with E-state index in [4.69, 9.17) is 5.11 Å². The van der Waals surface area contributed by atoms with Crippen LogP contribution in [0.1, 0.15) is 0 Å².